The highest BCUT2D eigenvalue weighted by atomic mass is 32.2. The maximum Gasteiger partial charge on any atom is 0.355 e. The first-order chi connectivity index (χ1) is 14.0. The summed E-state index contributed by atoms with van der Waals surface area (Å²) in [5.41, 5.74) is 1.19. The predicted octanol–water partition coefficient (Wildman–Crippen LogP) is 1.64. The van der Waals surface area contributed by atoms with E-state index >= 15 is 0 Å². The van der Waals surface area contributed by atoms with E-state index in [1.165, 1.54) is 4.90 Å². The number of carbonyl (C=O) groups excluding carboxylic acids is 3. The minimum absolute atomic E-state index is 0.0533. The van der Waals surface area contributed by atoms with Crippen LogP contribution in [0.15, 0.2) is 0 Å². The number of ether oxygens (including phenoxy) is 2. The van der Waals surface area contributed by atoms with Gasteiger partial charge in [0.1, 0.15) is 5.69 Å². The van der Waals surface area contributed by atoms with Crippen molar-refractivity contribution in [2.24, 2.45) is 5.92 Å². The van der Waals surface area contributed by atoms with Crippen molar-refractivity contribution in [3.8, 4) is 0 Å². The molecule has 1 aromatic heterocycles. The van der Waals surface area contributed by atoms with Gasteiger partial charge in [0.2, 0.25) is 0 Å². The number of nitrogens with zero attached hydrogens (tertiary/aromatic N) is 1. The second kappa shape index (κ2) is 9.63. The fourth-order valence-electron chi connectivity index (χ4n) is 3.62. The van der Waals surface area contributed by atoms with E-state index in [1.54, 1.807) is 20.8 Å². The summed E-state index contributed by atoms with van der Waals surface area (Å²) in [6, 6.07) is -0.408. The van der Waals surface area contributed by atoms with Crippen LogP contribution in [0.5, 0.6) is 0 Å². The van der Waals surface area contributed by atoms with E-state index in [1.807, 2.05) is 13.8 Å². The number of rotatable bonds is 8. The number of nitrogens with one attached hydrogen (secondary N) is 1. The quantitative estimate of drug-likeness (QED) is 0.607. The number of aromatic amines is 1. The number of esters is 2. The van der Waals surface area contributed by atoms with E-state index < -0.39 is 40.3 Å². The Balaban J connectivity index is 2.10. The summed E-state index contributed by atoms with van der Waals surface area (Å²) in [5, 5.41) is 0. The molecule has 1 unspecified atom stereocenters. The van der Waals surface area contributed by atoms with Gasteiger partial charge in [-0.2, -0.15) is 0 Å². The van der Waals surface area contributed by atoms with Crippen LogP contribution in [-0.4, -0.2) is 73.5 Å². The Hall–Kier alpha value is -2.36. The Morgan fingerprint density at radius 3 is 2.37 bits per heavy atom. The molecule has 0 saturated carbocycles. The predicted molar refractivity (Wildman–Crippen MR) is 110 cm³/mol. The van der Waals surface area contributed by atoms with Gasteiger partial charge in [0.25, 0.3) is 5.91 Å². The van der Waals surface area contributed by atoms with Gasteiger partial charge >= 0.3 is 11.9 Å². The molecule has 1 N–H and O–H groups in total. The topological polar surface area (TPSA) is 123 Å². The van der Waals surface area contributed by atoms with Crippen LogP contribution in [-0.2, 0) is 24.1 Å². The molecule has 1 aliphatic rings. The summed E-state index contributed by atoms with van der Waals surface area (Å²) < 4.78 is 33.8. The van der Waals surface area contributed by atoms with Gasteiger partial charge < -0.3 is 19.4 Å². The molecule has 1 aromatic rings. The number of aromatic nitrogens is 1. The molecular formula is C20H30N2O7S. The lowest BCUT2D eigenvalue weighted by atomic mass is 10.1. The lowest BCUT2D eigenvalue weighted by molar-refractivity contribution is -0.137. The number of carbonyl (C=O) groups is 3. The smallest absolute Gasteiger partial charge is 0.355 e. The van der Waals surface area contributed by atoms with Crippen LogP contribution in [0.3, 0.4) is 0 Å². The first-order valence-corrected chi connectivity index (χ1v) is 11.8. The fraction of sp³-hybridized carbons (Fsp3) is 0.650. The largest absolute Gasteiger partial charge is 0.461 e. The zero-order valence-electron chi connectivity index (χ0n) is 18.1. The second-order valence-corrected chi connectivity index (χ2v) is 10.1. The molecular weight excluding hydrogens is 412 g/mol. The van der Waals surface area contributed by atoms with Crippen molar-refractivity contribution in [2.45, 2.75) is 47.1 Å². The van der Waals surface area contributed by atoms with Crippen LogP contribution in [0.2, 0.25) is 0 Å². The van der Waals surface area contributed by atoms with Crippen LogP contribution in [0.4, 0.5) is 0 Å². The third kappa shape index (κ3) is 5.62. The Morgan fingerprint density at radius 1 is 1.17 bits per heavy atom. The molecule has 0 aromatic carbocycles. The minimum atomic E-state index is -3.16. The maximum absolute atomic E-state index is 12.8. The van der Waals surface area contributed by atoms with E-state index in [9.17, 15) is 22.8 Å². The van der Waals surface area contributed by atoms with Crippen LogP contribution in [0.25, 0.3) is 0 Å². The van der Waals surface area contributed by atoms with E-state index in [0.29, 0.717) is 24.2 Å². The molecule has 0 bridgehead atoms. The molecule has 1 amide bonds. The van der Waals surface area contributed by atoms with Gasteiger partial charge in [-0.05, 0) is 38.7 Å². The van der Waals surface area contributed by atoms with Crippen molar-refractivity contribution < 1.29 is 32.3 Å². The summed E-state index contributed by atoms with van der Waals surface area (Å²) in [4.78, 5) is 41.7. The normalized spacial score (nSPS) is 17.7. The highest BCUT2D eigenvalue weighted by Gasteiger charge is 2.35. The van der Waals surface area contributed by atoms with E-state index in [0.717, 1.165) is 0 Å². The molecule has 1 atom stereocenters. The van der Waals surface area contributed by atoms with Crippen LogP contribution in [0.1, 0.15) is 59.3 Å². The van der Waals surface area contributed by atoms with Gasteiger partial charge in [-0.15, -0.1) is 0 Å². The van der Waals surface area contributed by atoms with Gasteiger partial charge in [-0.3, -0.25) is 4.79 Å². The van der Waals surface area contributed by atoms with Crippen LogP contribution in [0, 0.1) is 19.8 Å². The Labute approximate surface area is 177 Å². The van der Waals surface area contributed by atoms with Gasteiger partial charge in [0.05, 0.1) is 23.7 Å². The number of hydrogen-bond acceptors (Lipinski definition) is 7. The van der Waals surface area contributed by atoms with Crippen molar-refractivity contribution in [2.75, 3.05) is 31.3 Å². The number of H-pyrrole nitrogens is 1. The summed E-state index contributed by atoms with van der Waals surface area (Å²) in [7, 11) is -3.16. The molecule has 1 aliphatic heterocycles. The zero-order valence-corrected chi connectivity index (χ0v) is 18.9. The average Bonchev–Trinajstić information content (AvgIpc) is 3.16. The number of sulfone groups is 1. The van der Waals surface area contributed by atoms with Crippen molar-refractivity contribution >= 4 is 27.7 Å². The SMILES string of the molecule is CCOC(=O)c1[nH]c(C)c(C(=O)OCC(=O)N(CC(C)C)C2CCS(=O)(=O)C2)c1C. The first kappa shape index (κ1) is 23.9. The van der Waals surface area contributed by atoms with Gasteiger partial charge in [0.15, 0.2) is 16.4 Å². The van der Waals surface area contributed by atoms with E-state index in [2.05, 4.69) is 4.98 Å². The summed E-state index contributed by atoms with van der Waals surface area (Å²) >= 11 is 0. The molecule has 2 heterocycles. The Morgan fingerprint density at radius 2 is 1.83 bits per heavy atom. The zero-order chi connectivity index (χ0) is 22.6. The van der Waals surface area contributed by atoms with Gasteiger partial charge in [0, 0.05) is 18.3 Å². The maximum atomic E-state index is 12.8. The van der Waals surface area contributed by atoms with Crippen LogP contribution >= 0.6 is 0 Å². The number of amides is 1. The highest BCUT2D eigenvalue weighted by molar-refractivity contribution is 7.91. The molecule has 30 heavy (non-hydrogen) atoms. The monoisotopic (exact) mass is 442 g/mol. The summed E-state index contributed by atoms with van der Waals surface area (Å²) in [5.74, 6) is -1.62. The second-order valence-electron chi connectivity index (χ2n) is 7.92. The first-order valence-electron chi connectivity index (χ1n) is 10.00. The van der Waals surface area contributed by atoms with Crippen molar-refractivity contribution in [1.82, 2.24) is 9.88 Å². The number of aryl methyl sites for hydroxylation is 1. The van der Waals surface area contributed by atoms with E-state index in [-0.39, 0.29) is 35.3 Å². The van der Waals surface area contributed by atoms with Crippen molar-refractivity contribution in [3.05, 3.63) is 22.5 Å². The molecule has 168 valence electrons. The molecule has 2 rings (SSSR count). The van der Waals surface area contributed by atoms with Crippen molar-refractivity contribution in [3.63, 3.8) is 0 Å². The molecule has 1 saturated heterocycles. The van der Waals surface area contributed by atoms with Gasteiger partial charge in [-0.1, -0.05) is 13.8 Å². The lowest BCUT2D eigenvalue weighted by Crippen LogP contribution is -2.45. The molecule has 0 aliphatic carbocycles. The number of hydrogen-bond donors (Lipinski definition) is 1. The average molecular weight is 443 g/mol. The fourth-order valence-corrected chi connectivity index (χ4v) is 5.35. The van der Waals surface area contributed by atoms with E-state index in [4.69, 9.17) is 9.47 Å². The summed E-state index contributed by atoms with van der Waals surface area (Å²) in [6.07, 6.45) is 0.383. The van der Waals surface area contributed by atoms with Gasteiger partial charge in [-0.25, -0.2) is 18.0 Å². The molecule has 1 fully saturated rings. The summed E-state index contributed by atoms with van der Waals surface area (Å²) in [6.45, 7) is 8.85. The third-order valence-electron chi connectivity index (χ3n) is 4.98. The lowest BCUT2D eigenvalue weighted by Gasteiger charge is -2.29. The molecule has 0 radical (unpaired) electrons. The highest BCUT2D eigenvalue weighted by Crippen LogP contribution is 2.21. The Bertz CT molecular complexity index is 918. The molecule has 0 spiro atoms. The minimum Gasteiger partial charge on any atom is -0.461 e. The van der Waals surface area contributed by atoms with Crippen molar-refractivity contribution in [1.29, 1.82) is 0 Å². The van der Waals surface area contributed by atoms with Crippen LogP contribution < -0.4 is 0 Å². The third-order valence-corrected chi connectivity index (χ3v) is 6.73. The molecule has 9 nitrogen and oxygen atoms in total. The Kier molecular flexibility index (Phi) is 7.68. The standard InChI is InChI=1S/C20H30N2O7S/c1-6-28-20(25)18-13(4)17(14(5)21-18)19(24)29-10-16(23)22(9-12(2)3)15-7-8-30(26,27)11-15/h12,15,21H,6-11H2,1-5H3. The molecule has 10 heteroatoms.